The molecule has 1 atom stereocenters. The van der Waals surface area contributed by atoms with Gasteiger partial charge in [-0.25, -0.2) is 0 Å². The Morgan fingerprint density at radius 1 is 1.08 bits per heavy atom. The van der Waals surface area contributed by atoms with E-state index in [2.05, 4.69) is 6.92 Å². The van der Waals surface area contributed by atoms with Crippen molar-refractivity contribution < 1.29 is 4.65 Å². The summed E-state index contributed by atoms with van der Waals surface area (Å²) in [5.41, 5.74) is 5.36. The molecule has 0 saturated heterocycles. The van der Waals surface area contributed by atoms with Crippen molar-refractivity contribution in [1.29, 1.82) is 0 Å². The second-order valence-corrected chi connectivity index (χ2v) is 3.95. The fraction of sp³-hybridized carbons (Fsp3) is 1.00. The number of nitrogens with zero attached hydrogens (tertiary/aromatic N) is 1. The van der Waals surface area contributed by atoms with Gasteiger partial charge in [-0.1, -0.05) is 19.8 Å². The van der Waals surface area contributed by atoms with Gasteiger partial charge >= 0.3 is 0 Å². The molecule has 0 amide bonds. The highest BCUT2D eigenvalue weighted by Gasteiger charge is 2.07. The number of nitrogens with two attached hydrogens (primary N) is 1. The first-order valence-electron chi connectivity index (χ1n) is 5.38. The molecule has 0 heterocycles. The highest BCUT2D eigenvalue weighted by atomic mass is 16.5. The van der Waals surface area contributed by atoms with Crippen LogP contribution in [0.5, 0.6) is 0 Å². The first-order valence-corrected chi connectivity index (χ1v) is 5.38. The third kappa shape index (κ3) is 8.22. The van der Waals surface area contributed by atoms with Crippen LogP contribution in [0.1, 0.15) is 39.0 Å². The lowest BCUT2D eigenvalue weighted by Gasteiger charge is -2.38. The van der Waals surface area contributed by atoms with E-state index < -0.39 is 0 Å². The number of rotatable bonds is 8. The molecule has 80 valence electrons. The third-order valence-corrected chi connectivity index (χ3v) is 2.32. The van der Waals surface area contributed by atoms with E-state index >= 15 is 0 Å². The second-order valence-electron chi connectivity index (χ2n) is 3.95. The Morgan fingerprint density at radius 2 is 1.69 bits per heavy atom. The van der Waals surface area contributed by atoms with Crippen LogP contribution >= 0.6 is 0 Å². The minimum absolute atomic E-state index is 0.110. The number of hydroxylamine groups is 3. The number of hydrogen-bond acceptors (Lipinski definition) is 2. The van der Waals surface area contributed by atoms with Crippen molar-refractivity contribution in [2.45, 2.75) is 39.0 Å². The topological polar surface area (TPSA) is 49.1 Å². The molecule has 2 N–H and O–H groups in total. The Morgan fingerprint density at radius 3 is 2.23 bits per heavy atom. The van der Waals surface area contributed by atoms with E-state index in [0.29, 0.717) is 13.1 Å². The molecule has 0 aliphatic heterocycles. The normalized spacial score (nSPS) is 15.7. The van der Waals surface area contributed by atoms with Gasteiger partial charge < -0.3 is 15.6 Å². The smallest absolute Gasteiger partial charge is 0.0794 e. The minimum atomic E-state index is -0.110. The van der Waals surface area contributed by atoms with Gasteiger partial charge in [-0.15, -0.1) is 0 Å². The molecule has 3 nitrogen and oxygen atoms in total. The van der Waals surface area contributed by atoms with Gasteiger partial charge in [0.1, 0.15) is 0 Å². The van der Waals surface area contributed by atoms with E-state index in [1.165, 1.54) is 19.3 Å². The average molecular weight is 188 g/mol. The summed E-state index contributed by atoms with van der Waals surface area (Å²) >= 11 is 0. The molecule has 0 fully saturated rings. The summed E-state index contributed by atoms with van der Waals surface area (Å²) < 4.78 is -0.110. The van der Waals surface area contributed by atoms with Gasteiger partial charge in [-0.2, -0.15) is 0 Å². The predicted octanol–water partition coefficient (Wildman–Crippen LogP) is 1.86. The molecule has 1 unspecified atom stereocenters. The maximum Gasteiger partial charge on any atom is 0.0794 e. The molecule has 0 radical (unpaired) electrons. The van der Waals surface area contributed by atoms with Crippen LogP contribution in [0.3, 0.4) is 0 Å². The second kappa shape index (κ2) is 7.30. The van der Waals surface area contributed by atoms with E-state index in [1.54, 1.807) is 7.05 Å². The highest BCUT2D eigenvalue weighted by molar-refractivity contribution is 4.45. The average Bonchev–Trinajstić information content (AvgIpc) is 2.09. The number of quaternary nitrogens is 1. The molecule has 0 saturated carbocycles. The highest BCUT2D eigenvalue weighted by Crippen LogP contribution is 2.06. The van der Waals surface area contributed by atoms with Crippen LogP contribution < -0.4 is 5.73 Å². The van der Waals surface area contributed by atoms with Crippen molar-refractivity contribution in [2.24, 2.45) is 5.73 Å². The van der Waals surface area contributed by atoms with E-state index in [4.69, 9.17) is 5.73 Å². The van der Waals surface area contributed by atoms with Crippen molar-refractivity contribution in [3.63, 3.8) is 0 Å². The maximum atomic E-state index is 11.7. The van der Waals surface area contributed by atoms with Crippen molar-refractivity contribution in [1.82, 2.24) is 0 Å². The van der Waals surface area contributed by atoms with Crippen molar-refractivity contribution in [3.8, 4) is 0 Å². The lowest BCUT2D eigenvalue weighted by Crippen LogP contribution is -2.40. The van der Waals surface area contributed by atoms with E-state index in [0.717, 1.165) is 19.4 Å². The van der Waals surface area contributed by atoms with Crippen LogP contribution in [0.25, 0.3) is 0 Å². The molecule has 3 heteroatoms. The molecule has 13 heavy (non-hydrogen) atoms. The number of unbranched alkanes of at least 4 members (excludes halogenated alkanes) is 3. The lowest BCUT2D eigenvalue weighted by molar-refractivity contribution is -0.861. The molecule has 0 aromatic rings. The Balaban J connectivity index is 3.39. The van der Waals surface area contributed by atoms with Crippen molar-refractivity contribution in [2.75, 3.05) is 26.7 Å². The quantitative estimate of drug-likeness (QED) is 0.359. The van der Waals surface area contributed by atoms with E-state index in [1.807, 2.05) is 0 Å². The van der Waals surface area contributed by atoms with Gasteiger partial charge in [0.25, 0.3) is 0 Å². The van der Waals surface area contributed by atoms with Gasteiger partial charge in [0, 0.05) is 6.42 Å². The van der Waals surface area contributed by atoms with Gasteiger partial charge in [0.15, 0.2) is 0 Å². The summed E-state index contributed by atoms with van der Waals surface area (Å²) in [6, 6.07) is 0. The zero-order valence-corrected chi connectivity index (χ0v) is 9.09. The fourth-order valence-electron chi connectivity index (χ4n) is 1.41. The van der Waals surface area contributed by atoms with Gasteiger partial charge in [0.05, 0.1) is 20.1 Å². The van der Waals surface area contributed by atoms with Crippen LogP contribution in [-0.4, -0.2) is 31.3 Å². The zero-order valence-electron chi connectivity index (χ0n) is 9.09. The molecule has 0 rings (SSSR count). The Hall–Kier alpha value is -0.120. The molecule has 0 aromatic carbocycles. The van der Waals surface area contributed by atoms with E-state index in [9.17, 15) is 5.21 Å². The molecule has 0 aromatic heterocycles. The number of hydrogen-bond donors (Lipinski definition) is 1. The summed E-state index contributed by atoms with van der Waals surface area (Å²) in [4.78, 5) is 0. The fourth-order valence-corrected chi connectivity index (χ4v) is 1.41. The van der Waals surface area contributed by atoms with Gasteiger partial charge in [-0.05, 0) is 19.4 Å². The largest absolute Gasteiger partial charge is 0.633 e. The van der Waals surface area contributed by atoms with Crippen LogP contribution in [0.15, 0.2) is 0 Å². The lowest BCUT2D eigenvalue weighted by atomic mass is 10.2. The first-order chi connectivity index (χ1) is 6.12. The molecule has 0 aliphatic carbocycles. The van der Waals surface area contributed by atoms with E-state index in [-0.39, 0.29) is 4.65 Å². The summed E-state index contributed by atoms with van der Waals surface area (Å²) in [5.74, 6) is 0. The summed E-state index contributed by atoms with van der Waals surface area (Å²) in [6.45, 7) is 4.23. The summed E-state index contributed by atoms with van der Waals surface area (Å²) in [7, 11) is 1.75. The van der Waals surface area contributed by atoms with Crippen LogP contribution in [0.2, 0.25) is 0 Å². The Kier molecular flexibility index (Phi) is 7.23. The standard InChI is InChI=1S/C10H24N2O/c1-3-4-5-6-9-12(2,13)10-7-8-11/h3-11H2,1-2H3. The van der Waals surface area contributed by atoms with Gasteiger partial charge in [0.2, 0.25) is 0 Å². The Bertz CT molecular complexity index is 115. The van der Waals surface area contributed by atoms with Crippen molar-refractivity contribution in [3.05, 3.63) is 5.21 Å². The summed E-state index contributed by atoms with van der Waals surface area (Å²) in [5, 5.41) is 11.7. The molecule has 0 bridgehead atoms. The summed E-state index contributed by atoms with van der Waals surface area (Å²) in [6.07, 6.45) is 5.56. The van der Waals surface area contributed by atoms with Crippen LogP contribution in [-0.2, 0) is 0 Å². The third-order valence-electron chi connectivity index (χ3n) is 2.32. The molecule has 0 spiro atoms. The van der Waals surface area contributed by atoms with Gasteiger partial charge in [-0.3, -0.25) is 0 Å². The monoisotopic (exact) mass is 188 g/mol. The zero-order chi connectivity index (χ0) is 10.2. The first kappa shape index (κ1) is 12.9. The Labute approximate surface area is 82.1 Å². The maximum absolute atomic E-state index is 11.7. The molecular formula is C10H24N2O. The minimum Gasteiger partial charge on any atom is -0.633 e. The van der Waals surface area contributed by atoms with Crippen molar-refractivity contribution >= 4 is 0 Å². The molecular weight excluding hydrogens is 164 g/mol. The molecule has 0 aliphatic rings. The SMILES string of the molecule is CCCCCC[N+](C)([O-])CCCN. The van der Waals surface area contributed by atoms with Crippen LogP contribution in [0.4, 0.5) is 0 Å². The predicted molar refractivity (Wildman–Crippen MR) is 57.1 cm³/mol. The van der Waals surface area contributed by atoms with Crippen LogP contribution in [0, 0.1) is 5.21 Å².